The quantitative estimate of drug-likeness (QED) is 0.649. The number of halogens is 3. The molecule has 0 aromatic carbocycles. The van der Waals surface area contributed by atoms with Crippen LogP contribution in [0.4, 0.5) is 19.0 Å². The molecule has 2 rings (SSSR count). The van der Waals surface area contributed by atoms with E-state index in [4.69, 9.17) is 11.1 Å². The number of hydrogen-bond donors (Lipinski definition) is 2. The Labute approximate surface area is 115 Å². The van der Waals surface area contributed by atoms with Crippen LogP contribution in [-0.2, 0) is 6.18 Å². The molecule has 2 heterocycles. The van der Waals surface area contributed by atoms with Crippen molar-refractivity contribution in [1.82, 2.24) is 4.98 Å². The third kappa shape index (κ3) is 2.86. The van der Waals surface area contributed by atoms with Gasteiger partial charge in [-0.15, -0.1) is 0 Å². The van der Waals surface area contributed by atoms with Gasteiger partial charge in [0, 0.05) is 18.5 Å². The van der Waals surface area contributed by atoms with Crippen LogP contribution in [0.2, 0.25) is 0 Å². The number of hydrogen-bond acceptors (Lipinski definition) is 3. The molecule has 0 radical (unpaired) electrons. The predicted molar refractivity (Wildman–Crippen MR) is 70.7 cm³/mol. The molecule has 1 aliphatic rings. The summed E-state index contributed by atoms with van der Waals surface area (Å²) in [6.07, 6.45) is -3.15. The third-order valence-electron chi connectivity index (χ3n) is 3.87. The molecule has 0 spiro atoms. The molecule has 1 saturated heterocycles. The first-order chi connectivity index (χ1) is 9.22. The molecule has 1 aromatic heterocycles. The van der Waals surface area contributed by atoms with Crippen molar-refractivity contribution in [3.63, 3.8) is 0 Å². The van der Waals surface area contributed by atoms with E-state index < -0.39 is 11.9 Å². The zero-order valence-electron chi connectivity index (χ0n) is 11.2. The second-order valence-electron chi connectivity index (χ2n) is 5.34. The molecule has 0 atom stereocenters. The summed E-state index contributed by atoms with van der Waals surface area (Å²) in [6.45, 7) is 3.00. The second kappa shape index (κ2) is 4.96. The number of rotatable bonds is 2. The van der Waals surface area contributed by atoms with E-state index in [0.717, 1.165) is 6.07 Å². The Balaban J connectivity index is 2.13. The number of alkyl halides is 3. The summed E-state index contributed by atoms with van der Waals surface area (Å²) in [6, 6.07) is 3.91. The molecule has 3 N–H and O–H groups in total. The fourth-order valence-corrected chi connectivity index (χ4v) is 2.26. The van der Waals surface area contributed by atoms with Gasteiger partial charge in [-0.1, -0.05) is 13.0 Å². The Bertz CT molecular complexity index is 505. The zero-order chi connectivity index (χ0) is 15.0. The van der Waals surface area contributed by atoms with Gasteiger partial charge in [0.25, 0.3) is 0 Å². The highest BCUT2D eigenvalue weighted by atomic mass is 19.4. The van der Waals surface area contributed by atoms with E-state index in [-0.39, 0.29) is 11.3 Å². The molecule has 0 bridgehead atoms. The van der Waals surface area contributed by atoms with Crippen molar-refractivity contribution in [2.24, 2.45) is 11.1 Å². The Morgan fingerprint density at radius 3 is 2.45 bits per heavy atom. The van der Waals surface area contributed by atoms with Gasteiger partial charge in [0.05, 0.1) is 5.84 Å². The van der Waals surface area contributed by atoms with Gasteiger partial charge in [-0.2, -0.15) is 13.2 Å². The molecule has 0 unspecified atom stereocenters. The SMILES string of the molecule is CC1(C(=N)N)CCN(c2cccc(C(F)(F)F)n2)CC1. The molecule has 1 aromatic rings. The minimum absolute atomic E-state index is 0.133. The molecular formula is C13H17F3N4. The van der Waals surface area contributed by atoms with Crippen LogP contribution in [0.1, 0.15) is 25.5 Å². The number of nitrogens with one attached hydrogen (secondary N) is 1. The minimum atomic E-state index is -4.43. The Morgan fingerprint density at radius 1 is 1.35 bits per heavy atom. The van der Waals surface area contributed by atoms with Crippen molar-refractivity contribution in [2.75, 3.05) is 18.0 Å². The van der Waals surface area contributed by atoms with Crippen LogP contribution < -0.4 is 10.6 Å². The summed E-state index contributed by atoms with van der Waals surface area (Å²) in [5.41, 5.74) is 4.32. The van der Waals surface area contributed by atoms with Crippen LogP contribution in [0.15, 0.2) is 18.2 Å². The number of nitrogens with zero attached hydrogens (tertiary/aromatic N) is 2. The third-order valence-corrected chi connectivity index (χ3v) is 3.87. The molecule has 20 heavy (non-hydrogen) atoms. The van der Waals surface area contributed by atoms with Crippen molar-refractivity contribution < 1.29 is 13.2 Å². The fraction of sp³-hybridized carbons (Fsp3) is 0.538. The summed E-state index contributed by atoms with van der Waals surface area (Å²) in [5.74, 6) is 0.458. The molecule has 4 nitrogen and oxygen atoms in total. The van der Waals surface area contributed by atoms with Gasteiger partial charge in [0.2, 0.25) is 0 Å². The number of pyridine rings is 1. The highest BCUT2D eigenvalue weighted by molar-refractivity contribution is 5.83. The molecule has 7 heteroatoms. The average Bonchev–Trinajstić information content (AvgIpc) is 2.38. The number of anilines is 1. The van der Waals surface area contributed by atoms with Crippen molar-refractivity contribution in [1.29, 1.82) is 5.41 Å². The lowest BCUT2D eigenvalue weighted by Gasteiger charge is -2.39. The van der Waals surface area contributed by atoms with Crippen LogP contribution >= 0.6 is 0 Å². The first kappa shape index (κ1) is 14.6. The van der Waals surface area contributed by atoms with Gasteiger partial charge >= 0.3 is 6.18 Å². The summed E-state index contributed by atoms with van der Waals surface area (Å²) in [5, 5.41) is 7.57. The summed E-state index contributed by atoms with van der Waals surface area (Å²) >= 11 is 0. The standard InChI is InChI=1S/C13H17F3N4/c1-12(11(17)18)5-7-20(8-6-12)10-4-2-3-9(19-10)13(14,15)16/h2-4H,5-8H2,1H3,(H3,17,18). The van der Waals surface area contributed by atoms with E-state index in [9.17, 15) is 13.2 Å². The smallest absolute Gasteiger partial charge is 0.387 e. The van der Waals surface area contributed by atoms with E-state index >= 15 is 0 Å². The monoisotopic (exact) mass is 286 g/mol. The zero-order valence-corrected chi connectivity index (χ0v) is 11.2. The predicted octanol–water partition coefficient (Wildman–Crippen LogP) is 2.64. The lowest BCUT2D eigenvalue weighted by molar-refractivity contribution is -0.141. The number of nitrogens with two attached hydrogens (primary N) is 1. The minimum Gasteiger partial charge on any atom is -0.387 e. The highest BCUT2D eigenvalue weighted by Crippen LogP contribution is 2.33. The first-order valence-electron chi connectivity index (χ1n) is 6.36. The first-order valence-corrected chi connectivity index (χ1v) is 6.36. The molecule has 110 valence electrons. The van der Waals surface area contributed by atoms with E-state index in [0.29, 0.717) is 31.7 Å². The number of piperidine rings is 1. The summed E-state index contributed by atoms with van der Waals surface area (Å²) in [4.78, 5) is 5.48. The van der Waals surface area contributed by atoms with E-state index in [1.807, 2.05) is 6.92 Å². The largest absolute Gasteiger partial charge is 0.433 e. The maximum Gasteiger partial charge on any atom is 0.433 e. The molecule has 1 fully saturated rings. The van der Waals surface area contributed by atoms with Gasteiger partial charge in [0.1, 0.15) is 11.5 Å². The normalized spacial score (nSPS) is 18.9. The van der Waals surface area contributed by atoms with Gasteiger partial charge in [-0.3, -0.25) is 5.41 Å². The Hall–Kier alpha value is -1.79. The van der Waals surface area contributed by atoms with E-state index in [2.05, 4.69) is 4.98 Å². The maximum atomic E-state index is 12.6. The number of amidine groups is 1. The van der Waals surface area contributed by atoms with Crippen molar-refractivity contribution >= 4 is 11.7 Å². The lowest BCUT2D eigenvalue weighted by atomic mass is 9.79. The van der Waals surface area contributed by atoms with E-state index in [1.165, 1.54) is 6.07 Å². The van der Waals surface area contributed by atoms with Crippen molar-refractivity contribution in [3.8, 4) is 0 Å². The molecular weight excluding hydrogens is 269 g/mol. The lowest BCUT2D eigenvalue weighted by Crippen LogP contribution is -2.45. The van der Waals surface area contributed by atoms with Crippen molar-refractivity contribution in [2.45, 2.75) is 25.9 Å². The van der Waals surface area contributed by atoms with E-state index in [1.54, 1.807) is 11.0 Å². The molecule has 0 aliphatic carbocycles. The molecule has 0 saturated carbocycles. The topological polar surface area (TPSA) is 66.0 Å². The average molecular weight is 286 g/mol. The van der Waals surface area contributed by atoms with Crippen LogP contribution in [0, 0.1) is 10.8 Å². The van der Waals surface area contributed by atoms with Crippen LogP contribution in [0.3, 0.4) is 0 Å². The number of aromatic nitrogens is 1. The van der Waals surface area contributed by atoms with Gasteiger partial charge < -0.3 is 10.6 Å². The Morgan fingerprint density at radius 2 is 1.95 bits per heavy atom. The Kier molecular flexibility index (Phi) is 3.62. The summed E-state index contributed by atoms with van der Waals surface area (Å²) < 4.78 is 37.9. The highest BCUT2D eigenvalue weighted by Gasteiger charge is 2.35. The van der Waals surface area contributed by atoms with Crippen LogP contribution in [0.25, 0.3) is 0 Å². The van der Waals surface area contributed by atoms with Crippen LogP contribution in [0.5, 0.6) is 0 Å². The summed E-state index contributed by atoms with van der Waals surface area (Å²) in [7, 11) is 0. The fourth-order valence-electron chi connectivity index (χ4n) is 2.26. The van der Waals surface area contributed by atoms with Gasteiger partial charge in [-0.25, -0.2) is 4.98 Å². The molecule has 0 amide bonds. The van der Waals surface area contributed by atoms with Gasteiger partial charge in [0.15, 0.2) is 0 Å². The second-order valence-corrected chi connectivity index (χ2v) is 5.34. The molecule has 1 aliphatic heterocycles. The maximum absolute atomic E-state index is 12.6. The van der Waals surface area contributed by atoms with Crippen LogP contribution in [-0.4, -0.2) is 23.9 Å². The van der Waals surface area contributed by atoms with Gasteiger partial charge in [-0.05, 0) is 25.0 Å². The van der Waals surface area contributed by atoms with Crippen molar-refractivity contribution in [3.05, 3.63) is 23.9 Å².